The Bertz CT molecular complexity index is 445. The zero-order valence-electron chi connectivity index (χ0n) is 13.4. The second-order valence-electron chi connectivity index (χ2n) is 5.62. The Balaban J connectivity index is 3.04. The number of hydrogen-bond acceptors (Lipinski definition) is 2. The summed E-state index contributed by atoms with van der Waals surface area (Å²) in [6.45, 7) is 11.2. The zero-order chi connectivity index (χ0) is 15.3. The standard InChI is InChI=1S/C17H28ClNO/c1-6-14(19)9-8-11(3)16-13(5)17(18)12(4)10-15(16)20-7-2/h10-11,14H,6-9,19H2,1-5H3. The van der Waals surface area contributed by atoms with Crippen LogP contribution in [0.25, 0.3) is 0 Å². The van der Waals surface area contributed by atoms with Crippen LogP contribution in [0.4, 0.5) is 0 Å². The fourth-order valence-corrected chi connectivity index (χ4v) is 2.79. The van der Waals surface area contributed by atoms with Crippen molar-refractivity contribution in [1.29, 1.82) is 0 Å². The maximum absolute atomic E-state index is 6.41. The van der Waals surface area contributed by atoms with E-state index in [-0.39, 0.29) is 6.04 Å². The van der Waals surface area contributed by atoms with Gasteiger partial charge in [-0.1, -0.05) is 25.4 Å². The van der Waals surface area contributed by atoms with Crippen LogP contribution < -0.4 is 10.5 Å². The smallest absolute Gasteiger partial charge is 0.123 e. The molecule has 1 aromatic rings. The summed E-state index contributed by atoms with van der Waals surface area (Å²) >= 11 is 6.41. The van der Waals surface area contributed by atoms with E-state index in [9.17, 15) is 0 Å². The molecule has 1 aromatic carbocycles. The third-order valence-corrected chi connectivity index (χ3v) is 4.56. The molecule has 0 bridgehead atoms. The molecule has 20 heavy (non-hydrogen) atoms. The molecule has 0 saturated heterocycles. The minimum atomic E-state index is 0.286. The summed E-state index contributed by atoms with van der Waals surface area (Å²) in [6, 6.07) is 2.35. The van der Waals surface area contributed by atoms with E-state index in [4.69, 9.17) is 22.1 Å². The fourth-order valence-electron chi connectivity index (χ4n) is 2.64. The van der Waals surface area contributed by atoms with Gasteiger partial charge in [-0.3, -0.25) is 0 Å². The number of nitrogens with two attached hydrogens (primary N) is 1. The molecule has 2 nitrogen and oxygen atoms in total. The van der Waals surface area contributed by atoms with Gasteiger partial charge in [0.05, 0.1) is 6.61 Å². The predicted molar refractivity (Wildman–Crippen MR) is 88.0 cm³/mol. The predicted octanol–water partition coefficient (Wildman–Crippen LogP) is 4.98. The number of ether oxygens (including phenoxy) is 1. The Hall–Kier alpha value is -0.730. The molecule has 0 fully saturated rings. The van der Waals surface area contributed by atoms with Gasteiger partial charge in [-0.2, -0.15) is 0 Å². The highest BCUT2D eigenvalue weighted by molar-refractivity contribution is 6.32. The highest BCUT2D eigenvalue weighted by Gasteiger charge is 2.19. The SMILES string of the molecule is CCOc1cc(C)c(Cl)c(C)c1C(C)CCC(N)CC. The van der Waals surface area contributed by atoms with E-state index in [0.29, 0.717) is 12.5 Å². The van der Waals surface area contributed by atoms with Crippen molar-refractivity contribution in [2.45, 2.75) is 65.8 Å². The molecule has 0 aliphatic carbocycles. The van der Waals surface area contributed by atoms with Crippen LogP contribution in [0.15, 0.2) is 6.07 Å². The van der Waals surface area contributed by atoms with E-state index in [2.05, 4.69) is 26.8 Å². The summed E-state index contributed by atoms with van der Waals surface area (Å²) in [6.07, 6.45) is 3.13. The lowest BCUT2D eigenvalue weighted by atomic mass is 9.89. The average molecular weight is 298 g/mol. The summed E-state index contributed by atoms with van der Waals surface area (Å²) in [5.74, 6) is 1.39. The van der Waals surface area contributed by atoms with Crippen molar-refractivity contribution in [3.63, 3.8) is 0 Å². The van der Waals surface area contributed by atoms with Gasteiger partial charge >= 0.3 is 0 Å². The number of benzene rings is 1. The molecule has 0 aliphatic rings. The maximum Gasteiger partial charge on any atom is 0.123 e. The molecule has 0 spiro atoms. The number of aryl methyl sites for hydroxylation is 1. The van der Waals surface area contributed by atoms with Crippen molar-refractivity contribution in [2.24, 2.45) is 5.73 Å². The summed E-state index contributed by atoms with van der Waals surface area (Å²) in [5, 5.41) is 0.857. The number of halogens is 1. The van der Waals surface area contributed by atoms with E-state index in [1.807, 2.05) is 13.8 Å². The Kier molecular flexibility index (Phi) is 6.84. The molecule has 2 N–H and O–H groups in total. The molecule has 3 heteroatoms. The van der Waals surface area contributed by atoms with Crippen molar-refractivity contribution in [3.8, 4) is 5.75 Å². The van der Waals surface area contributed by atoms with Gasteiger partial charge in [0, 0.05) is 16.6 Å². The first-order valence-corrected chi connectivity index (χ1v) is 7.98. The minimum absolute atomic E-state index is 0.286. The van der Waals surface area contributed by atoms with Gasteiger partial charge in [-0.05, 0) is 63.1 Å². The molecule has 1 rings (SSSR count). The highest BCUT2D eigenvalue weighted by Crippen LogP contribution is 2.38. The summed E-state index contributed by atoms with van der Waals surface area (Å²) in [7, 11) is 0. The van der Waals surface area contributed by atoms with E-state index < -0.39 is 0 Å². The quantitative estimate of drug-likeness (QED) is 0.770. The Morgan fingerprint density at radius 2 is 1.90 bits per heavy atom. The van der Waals surface area contributed by atoms with Gasteiger partial charge in [0.15, 0.2) is 0 Å². The van der Waals surface area contributed by atoms with E-state index >= 15 is 0 Å². The van der Waals surface area contributed by atoms with Gasteiger partial charge in [0.25, 0.3) is 0 Å². The molecular formula is C17H28ClNO. The van der Waals surface area contributed by atoms with Crippen molar-refractivity contribution in [2.75, 3.05) is 6.61 Å². The minimum Gasteiger partial charge on any atom is -0.494 e. The van der Waals surface area contributed by atoms with Gasteiger partial charge in [0.1, 0.15) is 5.75 Å². The Morgan fingerprint density at radius 3 is 2.45 bits per heavy atom. The van der Waals surface area contributed by atoms with Crippen molar-refractivity contribution >= 4 is 11.6 Å². The second-order valence-corrected chi connectivity index (χ2v) is 6.00. The lowest BCUT2D eigenvalue weighted by Gasteiger charge is -2.22. The monoisotopic (exact) mass is 297 g/mol. The first-order valence-electron chi connectivity index (χ1n) is 7.60. The molecule has 2 atom stereocenters. The normalized spacial score (nSPS) is 14.2. The highest BCUT2D eigenvalue weighted by atomic mass is 35.5. The molecule has 0 amide bonds. The lowest BCUT2D eigenvalue weighted by Crippen LogP contribution is -2.19. The molecular weight excluding hydrogens is 270 g/mol. The van der Waals surface area contributed by atoms with E-state index in [1.54, 1.807) is 0 Å². The van der Waals surface area contributed by atoms with Gasteiger partial charge < -0.3 is 10.5 Å². The van der Waals surface area contributed by atoms with Crippen LogP contribution in [-0.2, 0) is 0 Å². The van der Waals surface area contributed by atoms with Gasteiger partial charge in [-0.25, -0.2) is 0 Å². The van der Waals surface area contributed by atoms with Crippen LogP contribution in [0.2, 0.25) is 5.02 Å². The number of hydrogen-bond donors (Lipinski definition) is 1. The first-order chi connectivity index (χ1) is 9.42. The zero-order valence-corrected chi connectivity index (χ0v) is 14.2. The van der Waals surface area contributed by atoms with E-state index in [1.165, 1.54) is 5.56 Å². The lowest BCUT2D eigenvalue weighted by molar-refractivity contribution is 0.332. The van der Waals surface area contributed by atoms with Gasteiger partial charge in [0.2, 0.25) is 0 Å². The van der Waals surface area contributed by atoms with Crippen LogP contribution in [0.3, 0.4) is 0 Å². The first kappa shape index (κ1) is 17.3. The number of rotatable bonds is 7. The van der Waals surface area contributed by atoms with E-state index in [0.717, 1.165) is 41.2 Å². The summed E-state index contributed by atoms with van der Waals surface area (Å²) < 4.78 is 5.82. The van der Waals surface area contributed by atoms with Crippen LogP contribution in [0.1, 0.15) is 62.6 Å². The molecule has 0 aliphatic heterocycles. The molecule has 2 unspecified atom stereocenters. The van der Waals surface area contributed by atoms with Crippen LogP contribution in [0.5, 0.6) is 5.75 Å². The maximum atomic E-state index is 6.41. The van der Waals surface area contributed by atoms with Crippen LogP contribution in [-0.4, -0.2) is 12.6 Å². The average Bonchev–Trinajstić information content (AvgIpc) is 2.42. The summed E-state index contributed by atoms with van der Waals surface area (Å²) in [4.78, 5) is 0. The second kappa shape index (κ2) is 7.90. The largest absolute Gasteiger partial charge is 0.494 e. The molecule has 0 heterocycles. The van der Waals surface area contributed by atoms with Crippen molar-refractivity contribution in [1.82, 2.24) is 0 Å². The third-order valence-electron chi connectivity index (χ3n) is 3.98. The van der Waals surface area contributed by atoms with Gasteiger partial charge in [-0.15, -0.1) is 0 Å². The fraction of sp³-hybridized carbons (Fsp3) is 0.647. The topological polar surface area (TPSA) is 35.2 Å². The van der Waals surface area contributed by atoms with Crippen molar-refractivity contribution in [3.05, 3.63) is 27.8 Å². The molecule has 0 saturated carbocycles. The third kappa shape index (κ3) is 4.13. The Labute approximate surface area is 128 Å². The van der Waals surface area contributed by atoms with Crippen LogP contribution >= 0.6 is 11.6 Å². The van der Waals surface area contributed by atoms with Crippen molar-refractivity contribution < 1.29 is 4.74 Å². The van der Waals surface area contributed by atoms with Crippen LogP contribution in [0, 0.1) is 13.8 Å². The molecule has 0 radical (unpaired) electrons. The molecule has 114 valence electrons. The summed E-state index contributed by atoms with van der Waals surface area (Å²) in [5.41, 5.74) is 9.50. The molecule has 0 aromatic heterocycles. The Morgan fingerprint density at radius 1 is 1.25 bits per heavy atom.